The Morgan fingerprint density at radius 1 is 0.679 bits per heavy atom. The third-order valence-electron chi connectivity index (χ3n) is 5.26. The Bertz CT molecular complexity index is 862. The van der Waals surface area contributed by atoms with Crippen LogP contribution in [-0.4, -0.2) is 5.71 Å². The third-order valence-corrected chi connectivity index (χ3v) is 6.56. The fourth-order valence-corrected chi connectivity index (χ4v) is 4.98. The molecule has 0 radical (unpaired) electrons. The van der Waals surface area contributed by atoms with E-state index in [0.29, 0.717) is 0 Å². The van der Waals surface area contributed by atoms with Crippen molar-refractivity contribution in [1.82, 2.24) is 0 Å². The molecule has 2 heteroatoms. The van der Waals surface area contributed by atoms with Crippen LogP contribution in [0.3, 0.4) is 0 Å². The molecule has 0 aromatic heterocycles. The first-order valence-corrected chi connectivity index (χ1v) is 10.7. The molecule has 0 amide bonds. The first kappa shape index (κ1) is 18.8. The summed E-state index contributed by atoms with van der Waals surface area (Å²) in [6.07, 6.45) is 5.70. The Labute approximate surface area is 172 Å². The second-order valence-corrected chi connectivity index (χ2v) is 8.27. The van der Waals surface area contributed by atoms with Gasteiger partial charge in [0.2, 0.25) is 0 Å². The Hall–Kier alpha value is -2.58. The van der Waals surface area contributed by atoms with Gasteiger partial charge in [-0.2, -0.15) is 0 Å². The van der Waals surface area contributed by atoms with Crippen LogP contribution in [0, 0.1) is 0 Å². The molecule has 0 saturated carbocycles. The van der Waals surface area contributed by atoms with E-state index in [1.807, 2.05) is 0 Å². The summed E-state index contributed by atoms with van der Waals surface area (Å²) in [7, 11) is 0. The zero-order valence-electron chi connectivity index (χ0n) is 16.2. The van der Waals surface area contributed by atoms with Crippen molar-refractivity contribution in [3.8, 4) is 0 Å². The average molecular weight is 384 g/mol. The monoisotopic (exact) mass is 383 g/mol. The molecular weight excluding hydrogens is 358 g/mol. The molecular formula is C26H25NS. The molecule has 28 heavy (non-hydrogen) atoms. The first-order valence-electron chi connectivity index (χ1n) is 9.88. The van der Waals surface area contributed by atoms with Gasteiger partial charge in [-0.05, 0) is 60.9 Å². The van der Waals surface area contributed by atoms with E-state index >= 15 is 0 Å². The lowest BCUT2D eigenvalue weighted by molar-refractivity contribution is 0.837. The highest BCUT2D eigenvalue weighted by Crippen LogP contribution is 2.49. The number of nitrogens with zero attached hydrogens (tertiary/aromatic N) is 1. The second kappa shape index (κ2) is 8.62. The number of hydrogen-bond donors (Lipinski definition) is 0. The van der Waals surface area contributed by atoms with Crippen molar-refractivity contribution in [1.29, 1.82) is 0 Å². The lowest BCUT2D eigenvalue weighted by Gasteiger charge is -2.33. The minimum atomic E-state index is -0.379. The maximum atomic E-state index is 5.09. The van der Waals surface area contributed by atoms with Gasteiger partial charge in [-0.3, -0.25) is 0 Å². The normalized spacial score (nSPS) is 16.0. The van der Waals surface area contributed by atoms with Gasteiger partial charge in [0.05, 0.1) is 0 Å². The third kappa shape index (κ3) is 3.83. The zero-order chi connectivity index (χ0) is 19.2. The molecule has 0 aliphatic heterocycles. The van der Waals surface area contributed by atoms with Crippen LogP contribution in [0.5, 0.6) is 0 Å². The Balaban J connectivity index is 1.91. The van der Waals surface area contributed by atoms with Crippen molar-refractivity contribution in [3.05, 3.63) is 119 Å². The molecule has 0 heterocycles. The zero-order valence-corrected chi connectivity index (χ0v) is 17.0. The Kier molecular flexibility index (Phi) is 5.78. The van der Waals surface area contributed by atoms with Crippen LogP contribution in [0.25, 0.3) is 0 Å². The second-order valence-electron chi connectivity index (χ2n) is 7.30. The van der Waals surface area contributed by atoms with Gasteiger partial charge in [0.1, 0.15) is 4.75 Å². The van der Waals surface area contributed by atoms with E-state index in [-0.39, 0.29) is 4.75 Å². The SMILES string of the molecule is CC1=C/C(=N\SC(c2ccccc2)(c2ccccc2)c2ccccc2)CCC1. The minimum absolute atomic E-state index is 0.379. The highest BCUT2D eigenvalue weighted by molar-refractivity contribution is 7.99. The smallest absolute Gasteiger partial charge is 0.113 e. The van der Waals surface area contributed by atoms with Gasteiger partial charge in [-0.1, -0.05) is 96.6 Å². The number of allylic oxidation sites excluding steroid dienone is 2. The molecule has 3 aromatic rings. The summed E-state index contributed by atoms with van der Waals surface area (Å²) < 4.78 is 4.71. The average Bonchev–Trinajstić information content (AvgIpc) is 2.77. The van der Waals surface area contributed by atoms with Gasteiger partial charge in [-0.25, -0.2) is 4.40 Å². The number of benzene rings is 3. The van der Waals surface area contributed by atoms with Gasteiger partial charge < -0.3 is 0 Å². The molecule has 0 unspecified atom stereocenters. The molecule has 1 nitrogen and oxygen atoms in total. The molecule has 0 N–H and O–H groups in total. The quantitative estimate of drug-likeness (QED) is 0.335. The Morgan fingerprint density at radius 3 is 1.57 bits per heavy atom. The summed E-state index contributed by atoms with van der Waals surface area (Å²) in [6, 6.07) is 32.3. The predicted molar refractivity (Wildman–Crippen MR) is 122 cm³/mol. The molecule has 0 atom stereocenters. The van der Waals surface area contributed by atoms with Crippen molar-refractivity contribution >= 4 is 17.7 Å². The molecule has 0 bridgehead atoms. The van der Waals surface area contributed by atoms with Crippen LogP contribution < -0.4 is 0 Å². The summed E-state index contributed by atoms with van der Waals surface area (Å²) in [6.45, 7) is 2.21. The fraction of sp³-hybridized carbons (Fsp3) is 0.192. The van der Waals surface area contributed by atoms with Crippen LogP contribution >= 0.6 is 11.9 Å². The Morgan fingerprint density at radius 2 is 1.14 bits per heavy atom. The lowest BCUT2D eigenvalue weighted by Crippen LogP contribution is -2.25. The van der Waals surface area contributed by atoms with Crippen LogP contribution in [0.2, 0.25) is 0 Å². The van der Waals surface area contributed by atoms with Crippen molar-refractivity contribution in [2.75, 3.05) is 0 Å². The van der Waals surface area contributed by atoms with Crippen molar-refractivity contribution in [3.63, 3.8) is 0 Å². The van der Waals surface area contributed by atoms with E-state index < -0.39 is 0 Å². The van der Waals surface area contributed by atoms with E-state index in [9.17, 15) is 0 Å². The van der Waals surface area contributed by atoms with Crippen LogP contribution in [0.1, 0.15) is 42.9 Å². The van der Waals surface area contributed by atoms with Crippen LogP contribution in [0.4, 0.5) is 0 Å². The number of hydrogen-bond acceptors (Lipinski definition) is 2. The van der Waals surface area contributed by atoms with Crippen LogP contribution in [-0.2, 0) is 4.75 Å². The van der Waals surface area contributed by atoms with Gasteiger partial charge in [0.15, 0.2) is 0 Å². The first-order chi connectivity index (χ1) is 13.8. The summed E-state index contributed by atoms with van der Waals surface area (Å²) >= 11 is 1.68. The summed E-state index contributed by atoms with van der Waals surface area (Å²) in [5, 5.41) is 0. The van der Waals surface area contributed by atoms with E-state index in [2.05, 4.69) is 104 Å². The molecule has 0 saturated heterocycles. The molecule has 3 aromatic carbocycles. The minimum Gasteiger partial charge on any atom is -0.220 e. The van der Waals surface area contributed by atoms with Gasteiger partial charge in [-0.15, -0.1) is 0 Å². The van der Waals surface area contributed by atoms with Gasteiger partial charge >= 0.3 is 0 Å². The lowest BCUT2D eigenvalue weighted by atomic mass is 9.84. The standard InChI is InChI=1S/C26H25NS/c1-21-12-11-19-25(20-21)27-28-26(22-13-5-2-6-14-22,23-15-7-3-8-16-23)24-17-9-4-10-18-24/h2-10,13-18,20H,11-12,19H2,1H3/b27-25-. The van der Waals surface area contributed by atoms with Crippen molar-refractivity contribution < 1.29 is 0 Å². The van der Waals surface area contributed by atoms with Gasteiger partial charge in [0, 0.05) is 5.71 Å². The van der Waals surface area contributed by atoms with Gasteiger partial charge in [0.25, 0.3) is 0 Å². The maximum Gasteiger partial charge on any atom is 0.113 e. The topological polar surface area (TPSA) is 12.4 Å². The van der Waals surface area contributed by atoms with E-state index in [1.54, 1.807) is 11.9 Å². The molecule has 0 fully saturated rings. The fourth-order valence-electron chi connectivity index (χ4n) is 3.85. The summed E-state index contributed by atoms with van der Waals surface area (Å²) in [5.41, 5.74) is 6.37. The predicted octanol–water partition coefficient (Wildman–Crippen LogP) is 7.20. The summed E-state index contributed by atoms with van der Waals surface area (Å²) in [5.74, 6) is 0. The number of rotatable bonds is 5. The van der Waals surface area contributed by atoms with E-state index in [4.69, 9.17) is 4.40 Å². The molecule has 140 valence electrons. The van der Waals surface area contributed by atoms with Crippen LogP contribution in [0.15, 0.2) is 107 Å². The molecule has 4 rings (SSSR count). The van der Waals surface area contributed by atoms with E-state index in [1.165, 1.54) is 40.8 Å². The van der Waals surface area contributed by atoms with Crippen molar-refractivity contribution in [2.45, 2.75) is 30.9 Å². The highest BCUT2D eigenvalue weighted by atomic mass is 32.2. The molecule has 0 spiro atoms. The largest absolute Gasteiger partial charge is 0.220 e. The maximum absolute atomic E-state index is 5.09. The molecule has 1 aliphatic carbocycles. The van der Waals surface area contributed by atoms with Crippen molar-refractivity contribution in [2.24, 2.45) is 4.40 Å². The summed E-state index contributed by atoms with van der Waals surface area (Å²) in [4.78, 5) is 0. The molecule has 1 aliphatic rings. The highest BCUT2D eigenvalue weighted by Gasteiger charge is 2.37. The van der Waals surface area contributed by atoms with E-state index in [0.717, 1.165) is 6.42 Å².